The van der Waals surface area contributed by atoms with Crippen molar-refractivity contribution in [2.24, 2.45) is 0 Å². The minimum atomic E-state index is -0.642. The molecule has 0 aliphatic heterocycles. The second-order valence-corrected chi connectivity index (χ2v) is 6.29. The molecule has 0 aliphatic rings. The van der Waals surface area contributed by atoms with Crippen LogP contribution in [0.2, 0.25) is 0 Å². The molecule has 0 saturated carbocycles. The monoisotopic (exact) mass is 295 g/mol. The van der Waals surface area contributed by atoms with Crippen molar-refractivity contribution in [3.8, 4) is 0 Å². The first-order valence-corrected chi connectivity index (χ1v) is 7.80. The van der Waals surface area contributed by atoms with Crippen molar-refractivity contribution in [2.45, 2.75) is 32.4 Å². The summed E-state index contributed by atoms with van der Waals surface area (Å²) in [7, 11) is 0. The highest BCUT2D eigenvalue weighted by atomic mass is 32.2. The highest BCUT2D eigenvalue weighted by Gasteiger charge is 2.26. The summed E-state index contributed by atoms with van der Waals surface area (Å²) in [6.45, 7) is 5.42. The molecular formula is C15H21NO3S. The summed E-state index contributed by atoms with van der Waals surface area (Å²) in [6, 6.07) is 8.18. The lowest BCUT2D eigenvalue weighted by Crippen LogP contribution is -2.45. The molecule has 0 aliphatic carbocycles. The van der Waals surface area contributed by atoms with E-state index < -0.39 is 17.6 Å². The topological polar surface area (TPSA) is 55.4 Å². The number of benzene rings is 1. The largest absolute Gasteiger partial charge is 0.458 e. The van der Waals surface area contributed by atoms with E-state index in [1.165, 1.54) is 11.8 Å². The summed E-state index contributed by atoms with van der Waals surface area (Å²) in [5.74, 6) is -0.195. The van der Waals surface area contributed by atoms with Crippen molar-refractivity contribution >= 4 is 23.6 Å². The van der Waals surface area contributed by atoms with E-state index in [-0.39, 0.29) is 5.91 Å². The number of carbonyl (C=O) groups excluding carboxylic acids is 2. The summed E-state index contributed by atoms with van der Waals surface area (Å²) in [5.41, 5.74) is -0.0345. The predicted octanol–water partition coefficient (Wildman–Crippen LogP) is 2.49. The zero-order valence-corrected chi connectivity index (χ0v) is 13.1. The quantitative estimate of drug-likeness (QED) is 0.848. The molecule has 0 bridgehead atoms. The maximum Gasteiger partial charge on any atom is 0.330 e. The summed E-state index contributed by atoms with van der Waals surface area (Å²) >= 11 is 1.49. The lowest BCUT2D eigenvalue weighted by molar-refractivity contribution is -0.156. The normalized spacial score (nSPS) is 12.6. The zero-order chi connectivity index (χ0) is 15.2. The van der Waals surface area contributed by atoms with Gasteiger partial charge in [0.25, 0.3) is 5.91 Å². The van der Waals surface area contributed by atoms with Crippen molar-refractivity contribution in [3.05, 3.63) is 35.9 Å². The fourth-order valence-corrected chi connectivity index (χ4v) is 2.09. The van der Waals surface area contributed by atoms with E-state index in [9.17, 15) is 9.59 Å². The minimum Gasteiger partial charge on any atom is -0.458 e. The van der Waals surface area contributed by atoms with Gasteiger partial charge in [-0.05, 0) is 39.2 Å². The van der Waals surface area contributed by atoms with E-state index in [0.717, 1.165) is 0 Å². The standard InChI is InChI=1S/C15H21NO3S/c1-15(2,3)19-14(18)12(10-20-4)16-13(17)11-8-6-5-7-9-11/h5-9,12H,10H2,1-4H3,(H,16,17)/t12-/m0/s1. The molecule has 0 aromatic heterocycles. The van der Waals surface area contributed by atoms with Crippen LogP contribution in [0, 0.1) is 0 Å². The van der Waals surface area contributed by atoms with Crippen LogP contribution in [0.25, 0.3) is 0 Å². The molecule has 4 nitrogen and oxygen atoms in total. The predicted molar refractivity (Wildman–Crippen MR) is 81.9 cm³/mol. The second-order valence-electron chi connectivity index (χ2n) is 5.38. The number of hydrogen-bond donors (Lipinski definition) is 1. The van der Waals surface area contributed by atoms with Gasteiger partial charge in [0.2, 0.25) is 0 Å². The third-order valence-corrected chi connectivity index (χ3v) is 3.03. The first-order valence-electron chi connectivity index (χ1n) is 6.41. The van der Waals surface area contributed by atoms with Crippen LogP contribution in [0.15, 0.2) is 30.3 Å². The van der Waals surface area contributed by atoms with Gasteiger partial charge in [-0.1, -0.05) is 18.2 Å². The first kappa shape index (κ1) is 16.6. The fourth-order valence-electron chi connectivity index (χ4n) is 1.54. The average molecular weight is 295 g/mol. The molecule has 0 spiro atoms. The number of amides is 1. The number of esters is 1. The van der Waals surface area contributed by atoms with Gasteiger partial charge in [-0.25, -0.2) is 4.79 Å². The van der Waals surface area contributed by atoms with Crippen molar-refractivity contribution in [3.63, 3.8) is 0 Å². The van der Waals surface area contributed by atoms with Crippen molar-refractivity contribution in [2.75, 3.05) is 12.0 Å². The third-order valence-electron chi connectivity index (χ3n) is 2.37. The molecule has 0 heterocycles. The molecule has 0 fully saturated rings. The first-order chi connectivity index (χ1) is 9.33. The lowest BCUT2D eigenvalue weighted by atomic mass is 10.2. The Morgan fingerprint density at radius 1 is 1.25 bits per heavy atom. The molecule has 20 heavy (non-hydrogen) atoms. The molecule has 1 N–H and O–H groups in total. The van der Waals surface area contributed by atoms with E-state index in [2.05, 4.69) is 5.32 Å². The number of nitrogens with one attached hydrogen (secondary N) is 1. The van der Waals surface area contributed by atoms with Gasteiger partial charge in [0.05, 0.1) is 0 Å². The van der Waals surface area contributed by atoms with Crippen LogP contribution >= 0.6 is 11.8 Å². The highest BCUT2D eigenvalue weighted by Crippen LogP contribution is 2.11. The molecule has 5 heteroatoms. The van der Waals surface area contributed by atoms with Gasteiger partial charge in [-0.3, -0.25) is 4.79 Å². The molecule has 0 unspecified atom stereocenters. The number of hydrogen-bond acceptors (Lipinski definition) is 4. The zero-order valence-electron chi connectivity index (χ0n) is 12.3. The van der Waals surface area contributed by atoms with Crippen LogP contribution in [0.5, 0.6) is 0 Å². The van der Waals surface area contributed by atoms with Gasteiger partial charge in [-0.15, -0.1) is 0 Å². The Hall–Kier alpha value is -1.49. The summed E-state index contributed by atoms with van der Waals surface area (Å²) < 4.78 is 5.32. The summed E-state index contributed by atoms with van der Waals surface area (Å²) in [5, 5.41) is 2.72. The van der Waals surface area contributed by atoms with Crippen LogP contribution < -0.4 is 5.32 Å². The Labute approximate surface area is 124 Å². The van der Waals surface area contributed by atoms with Crippen LogP contribution in [0.4, 0.5) is 0 Å². The van der Waals surface area contributed by atoms with Crippen molar-refractivity contribution in [1.82, 2.24) is 5.32 Å². The minimum absolute atomic E-state index is 0.268. The maximum absolute atomic E-state index is 12.1. The Morgan fingerprint density at radius 3 is 2.35 bits per heavy atom. The lowest BCUT2D eigenvalue weighted by Gasteiger charge is -2.24. The van der Waals surface area contributed by atoms with E-state index in [0.29, 0.717) is 11.3 Å². The van der Waals surface area contributed by atoms with E-state index in [1.54, 1.807) is 45.0 Å². The Balaban J connectivity index is 2.72. The molecule has 0 saturated heterocycles. The van der Waals surface area contributed by atoms with Gasteiger partial charge in [0, 0.05) is 11.3 Å². The van der Waals surface area contributed by atoms with Gasteiger partial charge < -0.3 is 10.1 Å². The Morgan fingerprint density at radius 2 is 1.85 bits per heavy atom. The number of rotatable bonds is 5. The highest BCUT2D eigenvalue weighted by molar-refractivity contribution is 7.98. The van der Waals surface area contributed by atoms with Crippen LogP contribution in [0.1, 0.15) is 31.1 Å². The third kappa shape index (κ3) is 5.65. The van der Waals surface area contributed by atoms with E-state index in [4.69, 9.17) is 4.74 Å². The van der Waals surface area contributed by atoms with Gasteiger partial charge >= 0.3 is 5.97 Å². The van der Waals surface area contributed by atoms with Crippen molar-refractivity contribution in [1.29, 1.82) is 0 Å². The molecule has 1 rings (SSSR count). The molecule has 1 atom stereocenters. The maximum atomic E-state index is 12.1. The van der Waals surface area contributed by atoms with Gasteiger partial charge in [0.15, 0.2) is 0 Å². The average Bonchev–Trinajstić information content (AvgIpc) is 2.37. The molecule has 1 aromatic carbocycles. The molecule has 0 radical (unpaired) electrons. The molecule has 1 amide bonds. The fraction of sp³-hybridized carbons (Fsp3) is 0.467. The van der Waals surface area contributed by atoms with Crippen LogP contribution in [-0.4, -0.2) is 35.5 Å². The second kappa shape index (κ2) is 7.33. The van der Waals surface area contributed by atoms with Gasteiger partial charge in [-0.2, -0.15) is 11.8 Å². The SMILES string of the molecule is CSC[C@H](NC(=O)c1ccccc1)C(=O)OC(C)(C)C. The summed E-state index contributed by atoms with van der Waals surface area (Å²) in [4.78, 5) is 24.1. The molecule has 110 valence electrons. The molecule has 1 aromatic rings. The van der Waals surface area contributed by atoms with Crippen molar-refractivity contribution < 1.29 is 14.3 Å². The van der Waals surface area contributed by atoms with E-state index in [1.807, 2.05) is 12.3 Å². The van der Waals surface area contributed by atoms with Crippen LogP contribution in [-0.2, 0) is 9.53 Å². The molecular weight excluding hydrogens is 274 g/mol. The smallest absolute Gasteiger partial charge is 0.330 e. The number of carbonyl (C=O) groups is 2. The number of ether oxygens (including phenoxy) is 1. The van der Waals surface area contributed by atoms with E-state index >= 15 is 0 Å². The van der Waals surface area contributed by atoms with Crippen LogP contribution in [0.3, 0.4) is 0 Å². The summed E-state index contributed by atoms with van der Waals surface area (Å²) in [6.07, 6.45) is 1.88. The Kier molecular flexibility index (Phi) is 6.07. The number of thioether (sulfide) groups is 1. The Bertz CT molecular complexity index is 454. The van der Waals surface area contributed by atoms with Gasteiger partial charge in [0.1, 0.15) is 11.6 Å².